The number of carbonyl (C=O) groups excluding carboxylic acids is 1. The summed E-state index contributed by atoms with van der Waals surface area (Å²) in [6.07, 6.45) is 5.21. The minimum Gasteiger partial charge on any atom is -0.376 e. The first kappa shape index (κ1) is 14.8. The van der Waals surface area contributed by atoms with Crippen molar-refractivity contribution >= 4 is 5.91 Å². The summed E-state index contributed by atoms with van der Waals surface area (Å²) in [6.45, 7) is 5.56. The molecule has 0 aromatic carbocycles. The van der Waals surface area contributed by atoms with Gasteiger partial charge in [0.25, 0.3) is 0 Å². The van der Waals surface area contributed by atoms with Crippen LogP contribution in [0.15, 0.2) is 0 Å². The molecule has 2 aliphatic rings. The zero-order valence-corrected chi connectivity index (χ0v) is 12.5. The van der Waals surface area contributed by atoms with Crippen LogP contribution in [0.4, 0.5) is 0 Å². The molecule has 0 aromatic heterocycles. The van der Waals surface area contributed by atoms with Gasteiger partial charge in [-0.25, -0.2) is 0 Å². The second-order valence-electron chi connectivity index (χ2n) is 6.51. The lowest BCUT2D eigenvalue weighted by molar-refractivity contribution is -0.145. The largest absolute Gasteiger partial charge is 0.376 e. The number of ether oxygens (including phenoxy) is 1. The van der Waals surface area contributed by atoms with Crippen molar-refractivity contribution in [3.05, 3.63) is 0 Å². The smallest absolute Gasteiger partial charge is 0.230 e. The Morgan fingerprint density at radius 3 is 2.42 bits per heavy atom. The van der Waals surface area contributed by atoms with Crippen LogP contribution in [0.1, 0.15) is 46.0 Å². The minimum atomic E-state index is -0.316. The van der Waals surface area contributed by atoms with E-state index >= 15 is 0 Å². The van der Waals surface area contributed by atoms with E-state index in [1.807, 2.05) is 11.9 Å². The number of likely N-dealkylation sites (N-methyl/N-ethyl adjacent to an activating group) is 1. The predicted octanol–water partition coefficient (Wildman–Crippen LogP) is 1.78. The molecule has 2 fully saturated rings. The van der Waals surface area contributed by atoms with Crippen molar-refractivity contribution in [3.63, 3.8) is 0 Å². The van der Waals surface area contributed by atoms with E-state index in [2.05, 4.69) is 13.8 Å². The van der Waals surface area contributed by atoms with Crippen LogP contribution in [0.2, 0.25) is 0 Å². The van der Waals surface area contributed by atoms with E-state index in [-0.39, 0.29) is 23.5 Å². The second-order valence-corrected chi connectivity index (χ2v) is 6.51. The SMILES string of the molecule is CC1CCC(CN)(C(=O)N(C)C2CCOC2C)CC1. The highest BCUT2D eigenvalue weighted by atomic mass is 16.5. The van der Waals surface area contributed by atoms with Crippen LogP contribution >= 0.6 is 0 Å². The number of hydrogen-bond donors (Lipinski definition) is 1. The summed E-state index contributed by atoms with van der Waals surface area (Å²) in [4.78, 5) is 14.8. The van der Waals surface area contributed by atoms with Gasteiger partial charge in [0, 0.05) is 20.2 Å². The molecule has 1 saturated carbocycles. The Hall–Kier alpha value is -0.610. The molecule has 1 aliphatic heterocycles. The fourth-order valence-corrected chi connectivity index (χ4v) is 3.57. The standard InChI is InChI=1S/C15H28N2O2/c1-11-4-7-15(10-16,8-5-11)14(18)17(3)13-6-9-19-12(13)2/h11-13H,4-10,16H2,1-3H3. The number of amides is 1. The first-order chi connectivity index (χ1) is 9.00. The lowest BCUT2D eigenvalue weighted by Gasteiger charge is -2.41. The summed E-state index contributed by atoms with van der Waals surface area (Å²) in [5, 5.41) is 0. The second kappa shape index (κ2) is 5.80. The quantitative estimate of drug-likeness (QED) is 0.849. The molecule has 2 rings (SSSR count). The molecule has 2 atom stereocenters. The van der Waals surface area contributed by atoms with Crippen molar-refractivity contribution < 1.29 is 9.53 Å². The fraction of sp³-hybridized carbons (Fsp3) is 0.933. The predicted molar refractivity (Wildman–Crippen MR) is 75.7 cm³/mol. The van der Waals surface area contributed by atoms with Crippen molar-refractivity contribution in [1.29, 1.82) is 0 Å². The highest BCUT2D eigenvalue weighted by Crippen LogP contribution is 2.40. The number of nitrogens with zero attached hydrogens (tertiary/aromatic N) is 1. The molecule has 0 bridgehead atoms. The molecule has 1 saturated heterocycles. The van der Waals surface area contributed by atoms with Gasteiger partial charge in [-0.2, -0.15) is 0 Å². The highest BCUT2D eigenvalue weighted by Gasteiger charge is 2.44. The van der Waals surface area contributed by atoms with Gasteiger partial charge in [-0.3, -0.25) is 4.79 Å². The van der Waals surface area contributed by atoms with Gasteiger partial charge in [-0.1, -0.05) is 6.92 Å². The molecule has 0 spiro atoms. The number of hydrogen-bond acceptors (Lipinski definition) is 3. The van der Waals surface area contributed by atoms with E-state index in [0.717, 1.165) is 44.6 Å². The van der Waals surface area contributed by atoms with Gasteiger partial charge in [0.1, 0.15) is 0 Å². The molecule has 0 radical (unpaired) electrons. The van der Waals surface area contributed by atoms with Crippen molar-refractivity contribution in [3.8, 4) is 0 Å². The first-order valence-corrected chi connectivity index (χ1v) is 7.59. The lowest BCUT2D eigenvalue weighted by Crippen LogP contribution is -2.52. The van der Waals surface area contributed by atoms with Gasteiger partial charge in [0.05, 0.1) is 17.6 Å². The van der Waals surface area contributed by atoms with E-state index in [1.165, 1.54) is 0 Å². The van der Waals surface area contributed by atoms with E-state index < -0.39 is 0 Å². The number of rotatable bonds is 3. The van der Waals surface area contributed by atoms with Gasteiger partial charge >= 0.3 is 0 Å². The average Bonchev–Trinajstić information content (AvgIpc) is 2.85. The van der Waals surface area contributed by atoms with Crippen LogP contribution in [0.3, 0.4) is 0 Å². The number of nitrogens with two attached hydrogens (primary N) is 1. The molecule has 1 heterocycles. The zero-order chi connectivity index (χ0) is 14.0. The summed E-state index contributed by atoms with van der Waals surface area (Å²) in [5.74, 6) is 0.968. The van der Waals surface area contributed by atoms with Crippen LogP contribution in [0.5, 0.6) is 0 Å². The van der Waals surface area contributed by atoms with Gasteiger partial charge in [0.15, 0.2) is 0 Å². The third kappa shape index (κ3) is 2.79. The Morgan fingerprint density at radius 1 is 1.32 bits per heavy atom. The third-order valence-corrected chi connectivity index (χ3v) is 5.23. The normalized spacial score (nSPS) is 39.3. The maximum Gasteiger partial charge on any atom is 0.230 e. The Morgan fingerprint density at radius 2 is 1.95 bits per heavy atom. The van der Waals surface area contributed by atoms with Crippen molar-refractivity contribution in [2.24, 2.45) is 17.1 Å². The zero-order valence-electron chi connectivity index (χ0n) is 12.5. The molecule has 2 unspecified atom stereocenters. The van der Waals surface area contributed by atoms with Crippen molar-refractivity contribution in [1.82, 2.24) is 4.90 Å². The van der Waals surface area contributed by atoms with E-state index in [1.54, 1.807) is 0 Å². The molecule has 1 aliphatic carbocycles. The summed E-state index contributed by atoms with van der Waals surface area (Å²) in [5.41, 5.74) is 5.66. The monoisotopic (exact) mass is 268 g/mol. The molecule has 110 valence electrons. The van der Waals surface area contributed by atoms with E-state index in [9.17, 15) is 4.79 Å². The van der Waals surface area contributed by atoms with Gasteiger partial charge in [-0.15, -0.1) is 0 Å². The first-order valence-electron chi connectivity index (χ1n) is 7.59. The maximum atomic E-state index is 12.9. The molecule has 19 heavy (non-hydrogen) atoms. The summed E-state index contributed by atoms with van der Waals surface area (Å²) in [6, 6.07) is 0.218. The topological polar surface area (TPSA) is 55.6 Å². The van der Waals surface area contributed by atoms with Crippen LogP contribution in [-0.4, -0.2) is 43.2 Å². The van der Waals surface area contributed by atoms with E-state index in [0.29, 0.717) is 6.54 Å². The van der Waals surface area contributed by atoms with Crippen LogP contribution in [-0.2, 0) is 9.53 Å². The summed E-state index contributed by atoms with van der Waals surface area (Å²) < 4.78 is 5.58. The van der Waals surface area contributed by atoms with Crippen LogP contribution in [0, 0.1) is 11.3 Å². The third-order valence-electron chi connectivity index (χ3n) is 5.23. The molecule has 0 aromatic rings. The maximum absolute atomic E-state index is 12.9. The van der Waals surface area contributed by atoms with Crippen molar-refractivity contribution in [2.45, 2.75) is 58.1 Å². The molecular weight excluding hydrogens is 240 g/mol. The molecule has 1 amide bonds. The summed E-state index contributed by atoms with van der Waals surface area (Å²) >= 11 is 0. The Bertz CT molecular complexity index is 324. The Kier molecular flexibility index (Phi) is 4.51. The summed E-state index contributed by atoms with van der Waals surface area (Å²) in [7, 11) is 1.92. The number of carbonyl (C=O) groups is 1. The molecule has 4 heteroatoms. The fourth-order valence-electron chi connectivity index (χ4n) is 3.57. The molecular formula is C15H28N2O2. The van der Waals surface area contributed by atoms with Crippen LogP contribution in [0.25, 0.3) is 0 Å². The van der Waals surface area contributed by atoms with Gasteiger partial charge in [-0.05, 0) is 44.9 Å². The molecule has 2 N–H and O–H groups in total. The average molecular weight is 268 g/mol. The Labute approximate surface area is 116 Å². The van der Waals surface area contributed by atoms with E-state index in [4.69, 9.17) is 10.5 Å². The van der Waals surface area contributed by atoms with Gasteiger partial charge in [0.2, 0.25) is 5.91 Å². The molecule has 4 nitrogen and oxygen atoms in total. The van der Waals surface area contributed by atoms with Crippen molar-refractivity contribution in [2.75, 3.05) is 20.2 Å². The highest BCUT2D eigenvalue weighted by molar-refractivity contribution is 5.83. The Balaban J connectivity index is 2.07. The van der Waals surface area contributed by atoms with Gasteiger partial charge < -0.3 is 15.4 Å². The van der Waals surface area contributed by atoms with Crippen LogP contribution < -0.4 is 5.73 Å². The lowest BCUT2D eigenvalue weighted by atomic mass is 9.70. The minimum absolute atomic E-state index is 0.145.